The van der Waals surface area contributed by atoms with Crippen LogP contribution in [-0.4, -0.2) is 72.5 Å². The van der Waals surface area contributed by atoms with Crippen molar-refractivity contribution >= 4 is 12.2 Å². The van der Waals surface area contributed by atoms with Crippen molar-refractivity contribution in [2.45, 2.75) is 72.0 Å². The molecule has 0 aliphatic heterocycles. The third-order valence-corrected chi connectivity index (χ3v) is 3.42. The van der Waals surface area contributed by atoms with E-state index in [1.165, 1.54) is 0 Å². The summed E-state index contributed by atoms with van der Waals surface area (Å²) >= 11 is 0. The Bertz CT molecular complexity index is 404. The minimum Gasteiger partial charge on any atom is -0.444 e. The van der Waals surface area contributed by atoms with Crippen LogP contribution >= 0.6 is 0 Å². The molecule has 0 atom stereocenters. The molecule has 0 aliphatic rings. The fourth-order valence-electron chi connectivity index (χ4n) is 2.26. The van der Waals surface area contributed by atoms with Crippen LogP contribution in [0.15, 0.2) is 0 Å². The maximum absolute atomic E-state index is 12.4. The molecule has 0 saturated heterocycles. The molecule has 0 fully saturated rings. The Morgan fingerprint density at radius 1 is 0.667 bits per heavy atom. The molecule has 27 heavy (non-hydrogen) atoms. The second kappa shape index (κ2) is 12.0. The first-order valence-electron chi connectivity index (χ1n) is 9.75. The lowest BCUT2D eigenvalue weighted by Gasteiger charge is -2.29. The van der Waals surface area contributed by atoms with E-state index in [-0.39, 0.29) is 12.2 Å². The summed E-state index contributed by atoms with van der Waals surface area (Å²) in [4.78, 5) is 28.0. The molecule has 0 spiro atoms. The van der Waals surface area contributed by atoms with Crippen LogP contribution in [-0.2, 0) is 9.47 Å². The van der Waals surface area contributed by atoms with Crippen molar-refractivity contribution in [1.29, 1.82) is 0 Å². The summed E-state index contributed by atoms with van der Waals surface area (Å²) in [7, 11) is 0. The van der Waals surface area contributed by atoms with Crippen LogP contribution in [0, 0.1) is 0 Å². The molecule has 4 N–H and O–H groups in total. The van der Waals surface area contributed by atoms with Crippen molar-refractivity contribution in [3.63, 3.8) is 0 Å². The van der Waals surface area contributed by atoms with E-state index >= 15 is 0 Å². The van der Waals surface area contributed by atoms with Crippen molar-refractivity contribution in [3.8, 4) is 0 Å². The molecule has 0 unspecified atom stereocenters. The molecule has 0 heterocycles. The second-order valence-corrected chi connectivity index (χ2v) is 8.57. The molecule has 0 aliphatic carbocycles. The number of carbonyl (C=O) groups is 2. The zero-order chi connectivity index (χ0) is 21.1. The molecule has 0 rings (SSSR count). The Kier molecular flexibility index (Phi) is 11.3. The van der Waals surface area contributed by atoms with Crippen molar-refractivity contribution in [2.24, 2.45) is 11.5 Å². The molecule has 0 aromatic rings. The van der Waals surface area contributed by atoms with Crippen molar-refractivity contribution in [2.75, 3.05) is 39.3 Å². The van der Waals surface area contributed by atoms with Gasteiger partial charge in [-0.2, -0.15) is 0 Å². The lowest BCUT2D eigenvalue weighted by molar-refractivity contribution is 0.0204. The van der Waals surface area contributed by atoms with Gasteiger partial charge in [0.2, 0.25) is 0 Å². The minimum atomic E-state index is -0.554. The first-order chi connectivity index (χ1) is 12.4. The molecule has 160 valence electrons. The van der Waals surface area contributed by atoms with Gasteiger partial charge in [0.05, 0.1) is 0 Å². The number of nitrogens with zero attached hydrogens (tertiary/aromatic N) is 2. The number of ether oxygens (including phenoxy) is 2. The molecular weight excluding hydrogens is 348 g/mol. The van der Waals surface area contributed by atoms with E-state index in [1.807, 2.05) is 41.5 Å². The number of nitrogens with two attached hydrogens (primary N) is 2. The molecule has 0 aromatic heterocycles. The lowest BCUT2D eigenvalue weighted by atomic mass is 10.2. The normalized spacial score (nSPS) is 11.9. The standard InChI is InChI=1S/C19H40N4O4/c1-18(2,3)26-16(24)22(12-7-10-20)14-9-15-23(13-8-11-21)17(25)27-19(4,5)6/h7-15,20-21H2,1-6H3. The highest BCUT2D eigenvalue weighted by Gasteiger charge is 2.24. The second-order valence-electron chi connectivity index (χ2n) is 8.57. The highest BCUT2D eigenvalue weighted by Crippen LogP contribution is 2.13. The van der Waals surface area contributed by atoms with Crippen LogP contribution in [0.3, 0.4) is 0 Å². The van der Waals surface area contributed by atoms with Crippen LogP contribution in [0.5, 0.6) is 0 Å². The Morgan fingerprint density at radius 2 is 0.963 bits per heavy atom. The minimum absolute atomic E-state index is 0.360. The highest BCUT2D eigenvalue weighted by atomic mass is 16.6. The monoisotopic (exact) mass is 388 g/mol. The Labute approximate surface area is 164 Å². The number of hydrogen-bond acceptors (Lipinski definition) is 6. The number of hydrogen-bond donors (Lipinski definition) is 2. The van der Waals surface area contributed by atoms with Gasteiger partial charge in [0.1, 0.15) is 11.2 Å². The predicted molar refractivity (Wildman–Crippen MR) is 108 cm³/mol. The number of amides is 2. The van der Waals surface area contributed by atoms with Crippen LogP contribution in [0.1, 0.15) is 60.8 Å². The van der Waals surface area contributed by atoms with E-state index in [4.69, 9.17) is 20.9 Å². The predicted octanol–water partition coefficient (Wildman–Crippen LogP) is 2.55. The molecule has 2 amide bonds. The summed E-state index contributed by atoms with van der Waals surface area (Å²) in [6.45, 7) is 14.0. The van der Waals surface area contributed by atoms with Crippen LogP contribution in [0.4, 0.5) is 9.59 Å². The number of rotatable bonds is 10. The summed E-state index contributed by atoms with van der Waals surface area (Å²) < 4.78 is 10.9. The Hall–Kier alpha value is -1.54. The Morgan fingerprint density at radius 3 is 1.22 bits per heavy atom. The van der Waals surface area contributed by atoms with Crippen molar-refractivity contribution in [3.05, 3.63) is 0 Å². The fraction of sp³-hybridized carbons (Fsp3) is 0.895. The molecular formula is C19H40N4O4. The summed E-state index contributed by atoms with van der Waals surface area (Å²) in [5, 5.41) is 0. The summed E-state index contributed by atoms with van der Waals surface area (Å²) in [5.74, 6) is 0. The van der Waals surface area contributed by atoms with Gasteiger partial charge in [-0.15, -0.1) is 0 Å². The Balaban J connectivity index is 4.78. The van der Waals surface area contributed by atoms with Gasteiger partial charge in [-0.25, -0.2) is 9.59 Å². The van der Waals surface area contributed by atoms with Gasteiger partial charge in [0.25, 0.3) is 0 Å². The largest absolute Gasteiger partial charge is 0.444 e. The first kappa shape index (κ1) is 25.5. The zero-order valence-electron chi connectivity index (χ0n) is 18.0. The van der Waals surface area contributed by atoms with Crippen LogP contribution < -0.4 is 11.5 Å². The fourth-order valence-corrected chi connectivity index (χ4v) is 2.26. The third-order valence-electron chi connectivity index (χ3n) is 3.42. The van der Waals surface area contributed by atoms with Gasteiger partial charge in [0.15, 0.2) is 0 Å². The molecule has 0 bridgehead atoms. The quantitative estimate of drug-likeness (QED) is 0.595. The van der Waals surface area contributed by atoms with Gasteiger partial charge in [-0.3, -0.25) is 0 Å². The lowest BCUT2D eigenvalue weighted by Crippen LogP contribution is -2.41. The van der Waals surface area contributed by atoms with Gasteiger partial charge in [-0.05, 0) is 73.9 Å². The maximum Gasteiger partial charge on any atom is 0.410 e. The maximum atomic E-state index is 12.4. The summed E-state index contributed by atoms with van der Waals surface area (Å²) in [5.41, 5.74) is 10.0. The molecule has 8 nitrogen and oxygen atoms in total. The van der Waals surface area contributed by atoms with E-state index in [1.54, 1.807) is 9.80 Å². The van der Waals surface area contributed by atoms with E-state index in [0.717, 1.165) is 0 Å². The van der Waals surface area contributed by atoms with Gasteiger partial charge >= 0.3 is 12.2 Å². The SMILES string of the molecule is CC(C)(C)OC(=O)N(CCCN)CCCN(CCCN)C(=O)OC(C)(C)C. The molecule has 0 aromatic carbocycles. The van der Waals surface area contributed by atoms with Gasteiger partial charge in [0, 0.05) is 26.2 Å². The van der Waals surface area contributed by atoms with Crippen LogP contribution in [0.25, 0.3) is 0 Å². The summed E-state index contributed by atoms with van der Waals surface area (Å²) in [6.07, 6.45) is 1.29. The first-order valence-corrected chi connectivity index (χ1v) is 9.75. The average molecular weight is 389 g/mol. The molecule has 0 saturated carbocycles. The van der Waals surface area contributed by atoms with E-state index in [2.05, 4.69) is 0 Å². The van der Waals surface area contributed by atoms with Crippen molar-refractivity contribution in [1.82, 2.24) is 9.80 Å². The molecule has 0 radical (unpaired) electrons. The number of carbonyl (C=O) groups excluding carboxylic acids is 2. The van der Waals surface area contributed by atoms with Crippen molar-refractivity contribution < 1.29 is 19.1 Å². The average Bonchev–Trinajstić information content (AvgIpc) is 2.49. The summed E-state index contributed by atoms with van der Waals surface area (Å²) in [6, 6.07) is 0. The van der Waals surface area contributed by atoms with E-state index in [0.29, 0.717) is 58.5 Å². The van der Waals surface area contributed by atoms with Crippen LogP contribution in [0.2, 0.25) is 0 Å². The van der Waals surface area contributed by atoms with Gasteiger partial charge < -0.3 is 30.7 Å². The van der Waals surface area contributed by atoms with Gasteiger partial charge in [-0.1, -0.05) is 0 Å². The smallest absolute Gasteiger partial charge is 0.410 e. The van der Waals surface area contributed by atoms with E-state index < -0.39 is 11.2 Å². The zero-order valence-corrected chi connectivity index (χ0v) is 18.0. The topological polar surface area (TPSA) is 111 Å². The van der Waals surface area contributed by atoms with E-state index in [9.17, 15) is 9.59 Å². The molecule has 8 heteroatoms. The third kappa shape index (κ3) is 13.3. The highest BCUT2D eigenvalue weighted by molar-refractivity contribution is 5.68.